The molecule has 3 aromatic rings. The summed E-state index contributed by atoms with van der Waals surface area (Å²) in [4.78, 5) is 17.3. The lowest BCUT2D eigenvalue weighted by Crippen LogP contribution is -2.32. The predicted molar refractivity (Wildman–Crippen MR) is 142 cm³/mol. The number of benzene rings is 1. The van der Waals surface area contributed by atoms with Crippen molar-refractivity contribution in [2.24, 2.45) is 5.92 Å². The summed E-state index contributed by atoms with van der Waals surface area (Å²) in [6.45, 7) is 9.89. The highest BCUT2D eigenvalue weighted by Gasteiger charge is 2.34. The molecule has 0 bridgehead atoms. The normalized spacial score (nSPS) is 17.7. The number of nitrogens with one attached hydrogen (secondary N) is 1. The number of hydrazine groups is 1. The Hall–Kier alpha value is -3.42. The average Bonchev–Trinajstić information content (AvgIpc) is 3.61. The van der Waals surface area contributed by atoms with Gasteiger partial charge < -0.3 is 9.57 Å². The second-order valence-corrected chi connectivity index (χ2v) is 10.1. The second kappa shape index (κ2) is 10.3. The minimum atomic E-state index is -0.241. The van der Waals surface area contributed by atoms with Gasteiger partial charge in [-0.15, -0.1) is 0 Å². The van der Waals surface area contributed by atoms with Crippen LogP contribution < -0.4 is 15.3 Å². The van der Waals surface area contributed by atoms with Crippen molar-refractivity contribution in [3.8, 4) is 16.9 Å². The number of likely N-dealkylation sites (tertiary alicyclic amines) is 1. The Morgan fingerprint density at radius 1 is 1.03 bits per heavy atom. The standard InChI is InChI=1S/C29H35N5O2/c1-21(2)29(3,24-9-7-22(8-10-24)23-15-26(35-4)18-30-16-23)28-12-11-25(17-31-28)34-20-27(36-32-34)19-33-13-5-6-14-33/h7-12,15-18,20-21,32H,5-6,13-14,19H2,1-4H3. The number of hydrogen-bond acceptors (Lipinski definition) is 7. The molecule has 188 valence electrons. The fourth-order valence-corrected chi connectivity index (χ4v) is 4.98. The Bertz CT molecular complexity index is 1200. The molecule has 0 spiro atoms. The molecule has 0 saturated carbocycles. The Balaban J connectivity index is 1.35. The van der Waals surface area contributed by atoms with Gasteiger partial charge in [-0.25, -0.2) is 5.01 Å². The second-order valence-electron chi connectivity index (χ2n) is 10.1. The van der Waals surface area contributed by atoms with E-state index in [0.29, 0.717) is 5.92 Å². The van der Waals surface area contributed by atoms with Gasteiger partial charge in [0.25, 0.3) is 0 Å². The molecule has 2 aliphatic rings. The third-order valence-electron chi connectivity index (χ3n) is 7.61. The van der Waals surface area contributed by atoms with E-state index < -0.39 is 0 Å². The number of methoxy groups -OCH3 is 1. The van der Waals surface area contributed by atoms with Gasteiger partial charge in [-0.1, -0.05) is 43.7 Å². The van der Waals surface area contributed by atoms with Gasteiger partial charge in [0.05, 0.1) is 43.6 Å². The highest BCUT2D eigenvalue weighted by molar-refractivity contribution is 5.64. The van der Waals surface area contributed by atoms with E-state index in [-0.39, 0.29) is 5.41 Å². The van der Waals surface area contributed by atoms with Crippen LogP contribution in [-0.4, -0.2) is 41.6 Å². The van der Waals surface area contributed by atoms with Gasteiger partial charge in [-0.3, -0.25) is 14.9 Å². The smallest absolute Gasteiger partial charge is 0.158 e. The molecule has 2 aliphatic heterocycles. The lowest BCUT2D eigenvalue weighted by Gasteiger charge is -2.34. The van der Waals surface area contributed by atoms with Crippen molar-refractivity contribution in [1.82, 2.24) is 20.5 Å². The molecule has 36 heavy (non-hydrogen) atoms. The van der Waals surface area contributed by atoms with Gasteiger partial charge >= 0.3 is 0 Å². The molecule has 1 fully saturated rings. The first-order chi connectivity index (χ1) is 17.5. The van der Waals surface area contributed by atoms with Gasteiger partial charge in [0.15, 0.2) is 5.76 Å². The summed E-state index contributed by atoms with van der Waals surface area (Å²) in [6, 6.07) is 14.9. The third-order valence-corrected chi connectivity index (χ3v) is 7.61. The van der Waals surface area contributed by atoms with Crippen molar-refractivity contribution >= 4 is 5.69 Å². The highest BCUT2D eigenvalue weighted by Crippen LogP contribution is 2.39. The van der Waals surface area contributed by atoms with E-state index in [0.717, 1.165) is 53.7 Å². The number of ether oxygens (including phenoxy) is 1. The molecule has 5 rings (SSSR count). The molecular formula is C29H35N5O2. The van der Waals surface area contributed by atoms with Crippen LogP contribution in [0.5, 0.6) is 5.75 Å². The zero-order valence-electron chi connectivity index (χ0n) is 21.6. The quantitative estimate of drug-likeness (QED) is 0.464. The number of nitrogens with zero attached hydrogens (tertiary/aromatic N) is 4. The van der Waals surface area contributed by atoms with Crippen LogP contribution in [0.25, 0.3) is 11.1 Å². The van der Waals surface area contributed by atoms with Crippen molar-refractivity contribution in [3.05, 3.63) is 84.3 Å². The summed E-state index contributed by atoms with van der Waals surface area (Å²) in [5, 5.41) is 1.89. The Kier molecular flexibility index (Phi) is 6.94. The molecule has 1 atom stereocenters. The van der Waals surface area contributed by atoms with Crippen molar-refractivity contribution in [1.29, 1.82) is 0 Å². The van der Waals surface area contributed by atoms with E-state index in [1.165, 1.54) is 18.4 Å². The summed E-state index contributed by atoms with van der Waals surface area (Å²) in [5.41, 5.74) is 8.12. The van der Waals surface area contributed by atoms with Gasteiger partial charge in [-0.05, 0) is 68.1 Å². The van der Waals surface area contributed by atoms with E-state index >= 15 is 0 Å². The van der Waals surface area contributed by atoms with Crippen LogP contribution in [0, 0.1) is 5.92 Å². The number of anilines is 1. The number of aromatic nitrogens is 2. The van der Waals surface area contributed by atoms with E-state index in [2.05, 4.69) is 72.6 Å². The molecule has 7 nitrogen and oxygen atoms in total. The van der Waals surface area contributed by atoms with Gasteiger partial charge in [-0.2, -0.15) is 0 Å². The molecule has 2 aromatic heterocycles. The fraction of sp³-hybridized carbons (Fsp3) is 0.379. The van der Waals surface area contributed by atoms with Crippen LogP contribution in [0.4, 0.5) is 5.69 Å². The topological polar surface area (TPSA) is 62.8 Å². The maximum atomic E-state index is 5.70. The lowest BCUT2D eigenvalue weighted by atomic mass is 9.70. The molecule has 0 aliphatic carbocycles. The maximum absolute atomic E-state index is 5.70. The van der Waals surface area contributed by atoms with Crippen molar-refractivity contribution in [2.75, 3.05) is 31.8 Å². The molecule has 1 unspecified atom stereocenters. The zero-order valence-corrected chi connectivity index (χ0v) is 21.6. The number of rotatable bonds is 8. The SMILES string of the molecule is COc1cncc(-c2ccc(C(C)(c3ccc(N4C=C(CN5CCCC5)ON4)cn3)C(C)C)cc2)c1. The molecule has 1 N–H and O–H groups in total. The summed E-state index contributed by atoms with van der Waals surface area (Å²) in [6.07, 6.45) is 10.1. The van der Waals surface area contributed by atoms with E-state index in [9.17, 15) is 0 Å². The number of hydrogen-bond donors (Lipinski definition) is 1. The molecular weight excluding hydrogens is 450 g/mol. The first-order valence-corrected chi connectivity index (χ1v) is 12.7. The lowest BCUT2D eigenvalue weighted by molar-refractivity contribution is 0.113. The minimum absolute atomic E-state index is 0.241. The van der Waals surface area contributed by atoms with Crippen LogP contribution in [0.15, 0.2) is 73.0 Å². The fourth-order valence-electron chi connectivity index (χ4n) is 4.98. The zero-order chi connectivity index (χ0) is 25.1. The molecule has 7 heteroatoms. The highest BCUT2D eigenvalue weighted by atomic mass is 16.7. The monoisotopic (exact) mass is 485 g/mol. The molecule has 0 amide bonds. The first-order valence-electron chi connectivity index (χ1n) is 12.7. The number of pyridine rings is 2. The largest absolute Gasteiger partial charge is 0.495 e. The van der Waals surface area contributed by atoms with E-state index in [1.807, 2.05) is 29.7 Å². The summed E-state index contributed by atoms with van der Waals surface area (Å²) in [5.74, 6) is 2.03. The third kappa shape index (κ3) is 4.81. The molecule has 1 saturated heterocycles. The molecule has 1 aromatic carbocycles. The summed E-state index contributed by atoms with van der Waals surface area (Å²) >= 11 is 0. The average molecular weight is 486 g/mol. The van der Waals surface area contributed by atoms with Gasteiger partial charge in [0.1, 0.15) is 5.75 Å². The minimum Gasteiger partial charge on any atom is -0.495 e. The Morgan fingerprint density at radius 3 is 2.47 bits per heavy atom. The van der Waals surface area contributed by atoms with Crippen LogP contribution in [0.3, 0.4) is 0 Å². The summed E-state index contributed by atoms with van der Waals surface area (Å²) < 4.78 is 5.33. The molecule has 4 heterocycles. The van der Waals surface area contributed by atoms with Crippen LogP contribution in [-0.2, 0) is 10.3 Å². The Morgan fingerprint density at radius 2 is 1.81 bits per heavy atom. The Labute approximate surface area is 213 Å². The van der Waals surface area contributed by atoms with Crippen molar-refractivity contribution in [2.45, 2.75) is 39.0 Å². The van der Waals surface area contributed by atoms with Gasteiger partial charge in [0, 0.05) is 17.2 Å². The van der Waals surface area contributed by atoms with E-state index in [4.69, 9.17) is 14.6 Å². The van der Waals surface area contributed by atoms with Crippen LogP contribution >= 0.6 is 0 Å². The van der Waals surface area contributed by atoms with Crippen LogP contribution in [0.2, 0.25) is 0 Å². The van der Waals surface area contributed by atoms with Crippen molar-refractivity contribution in [3.63, 3.8) is 0 Å². The van der Waals surface area contributed by atoms with Gasteiger partial charge in [0.2, 0.25) is 0 Å². The maximum Gasteiger partial charge on any atom is 0.158 e. The summed E-state index contributed by atoms with van der Waals surface area (Å²) in [7, 11) is 1.66. The van der Waals surface area contributed by atoms with Crippen LogP contribution in [0.1, 0.15) is 44.9 Å². The molecule has 0 radical (unpaired) electrons. The predicted octanol–water partition coefficient (Wildman–Crippen LogP) is 5.31. The van der Waals surface area contributed by atoms with Crippen molar-refractivity contribution < 1.29 is 9.57 Å². The first kappa shape index (κ1) is 24.3. The van der Waals surface area contributed by atoms with E-state index in [1.54, 1.807) is 13.3 Å².